The van der Waals surface area contributed by atoms with Crippen LogP contribution in [0.5, 0.6) is 28.7 Å². The van der Waals surface area contributed by atoms with Crippen molar-refractivity contribution in [2.24, 2.45) is 22.5 Å². The number of carbonyl (C=O) groups is 2. The average molecular weight is 1830 g/mol. The third-order valence-corrected chi connectivity index (χ3v) is 24.5. The van der Waals surface area contributed by atoms with Crippen LogP contribution in [0.3, 0.4) is 0 Å². The molecule has 0 fully saturated rings. The molecule has 10 aromatic rings. The molecule has 2 aliphatic heterocycles. The summed E-state index contributed by atoms with van der Waals surface area (Å²) < 4.78 is 235. The van der Waals surface area contributed by atoms with Crippen molar-refractivity contribution in [1.82, 2.24) is 14.5 Å². The van der Waals surface area contributed by atoms with Crippen molar-refractivity contribution in [1.29, 1.82) is 0 Å². The monoisotopic (exact) mass is 1830 g/mol. The molecule has 0 unspecified atom stereocenters. The van der Waals surface area contributed by atoms with Gasteiger partial charge in [-0.25, -0.2) is 107 Å². The number of imidazole rings is 1. The highest BCUT2D eigenvalue weighted by atomic mass is 35.5. The molecular formula is C70H72ClFN10O23S11. The van der Waals surface area contributed by atoms with E-state index in [9.17, 15) is 81.3 Å². The van der Waals surface area contributed by atoms with Gasteiger partial charge in [-0.15, -0.1) is 11.3 Å². The zero-order chi connectivity index (χ0) is 85.9. The lowest BCUT2D eigenvalue weighted by molar-refractivity contribution is -0.145. The molecule has 0 amide bonds. The number of benzene rings is 8. The van der Waals surface area contributed by atoms with E-state index in [0.29, 0.717) is 59.4 Å². The Labute approximate surface area is 686 Å². The van der Waals surface area contributed by atoms with E-state index in [2.05, 4.69) is 28.9 Å². The number of nitrogens with zero attached hydrogens (tertiary/aromatic N) is 3. The summed E-state index contributed by atoms with van der Waals surface area (Å²) >= 11 is 9.72. The molecule has 10 N–H and O–H groups in total. The third kappa shape index (κ3) is 27.7. The molecular weight excluding hydrogens is 1760 g/mol. The van der Waals surface area contributed by atoms with Crippen LogP contribution in [0.25, 0.3) is 5.57 Å². The largest absolute Gasteiger partial charge is 0.457 e. The Morgan fingerprint density at radius 3 is 1.47 bits per heavy atom. The molecule has 2 aromatic heterocycles. The van der Waals surface area contributed by atoms with E-state index in [-0.39, 0.29) is 72.2 Å². The predicted molar refractivity (Wildman–Crippen MR) is 438 cm³/mol. The molecule has 46 heteroatoms. The van der Waals surface area contributed by atoms with Crippen LogP contribution in [0.2, 0.25) is 5.02 Å². The topological polar surface area (TPSA) is 510 Å². The summed E-state index contributed by atoms with van der Waals surface area (Å²) in [6, 6.07) is 40.7. The number of sulfonamides is 7. The van der Waals surface area contributed by atoms with E-state index in [1.54, 1.807) is 98.5 Å². The lowest BCUT2D eigenvalue weighted by Gasteiger charge is -2.21. The zero-order valence-electron chi connectivity index (χ0n) is 62.0. The van der Waals surface area contributed by atoms with Gasteiger partial charge in [0.2, 0.25) is 75.9 Å². The van der Waals surface area contributed by atoms with Crippen LogP contribution in [0.15, 0.2) is 232 Å². The highest BCUT2D eigenvalue weighted by molar-refractivity contribution is 8.01. The number of carbonyl (C=O) groups excluding carboxylic acids is 2. The van der Waals surface area contributed by atoms with Crippen molar-refractivity contribution >= 4 is 167 Å². The van der Waals surface area contributed by atoms with Gasteiger partial charge in [0.15, 0.2) is 30.8 Å². The second kappa shape index (κ2) is 37.3. The van der Waals surface area contributed by atoms with Crippen LogP contribution in [-0.4, -0.2) is 131 Å². The summed E-state index contributed by atoms with van der Waals surface area (Å²) in [5, 5.41) is 18.3. The highest BCUT2D eigenvalue weighted by Crippen LogP contribution is 2.43. The summed E-state index contributed by atoms with van der Waals surface area (Å²) in [4.78, 5) is 33.3. The van der Waals surface area contributed by atoms with Gasteiger partial charge >= 0.3 is 11.9 Å². The number of cyclic esters (lactones) is 2. The normalized spacial score (nSPS) is 13.4. The lowest BCUT2D eigenvalue weighted by atomic mass is 9.92. The second-order valence-corrected chi connectivity index (χ2v) is 42.4. The number of rotatable bonds is 24. The minimum atomic E-state index is -4.00. The van der Waals surface area contributed by atoms with Crippen molar-refractivity contribution in [3.8, 4) is 28.7 Å². The van der Waals surface area contributed by atoms with Crippen molar-refractivity contribution in [2.75, 3.05) is 50.2 Å². The maximum Gasteiger partial charge on any atom is 0.375 e. The van der Waals surface area contributed by atoms with E-state index in [0.717, 1.165) is 89.8 Å². The first kappa shape index (κ1) is 91.8. The second-order valence-electron chi connectivity index (χ2n) is 25.1. The summed E-state index contributed by atoms with van der Waals surface area (Å²) in [5.74, 6) is -0.340. The molecule has 0 bridgehead atoms. The number of sulfone groups is 1. The molecule has 4 heterocycles. The Kier molecular flexibility index (Phi) is 29.5. The number of primary sulfonamides is 3. The number of ether oxygens (including phenoxy) is 5. The number of anilines is 4. The molecule has 2 aliphatic rings. The number of fused-ring (bicyclic) bond motifs is 1. The number of hydrogen-bond acceptors (Lipinski definition) is 28. The number of halogens is 2. The first-order valence-corrected chi connectivity index (χ1v) is 49.6. The zero-order valence-corrected chi connectivity index (χ0v) is 71.8. The van der Waals surface area contributed by atoms with Gasteiger partial charge in [0, 0.05) is 63.6 Å². The highest BCUT2D eigenvalue weighted by Gasteiger charge is 2.43. The fourth-order valence-electron chi connectivity index (χ4n) is 9.81. The minimum Gasteiger partial charge on any atom is -0.457 e. The average Bonchev–Trinajstić information content (AvgIpc) is 1.62. The molecule has 116 heavy (non-hydrogen) atoms. The molecule has 0 aliphatic carbocycles. The third-order valence-electron chi connectivity index (χ3n) is 14.9. The summed E-state index contributed by atoms with van der Waals surface area (Å²) in [7, 11) is -27.5. The molecule has 0 saturated carbocycles. The van der Waals surface area contributed by atoms with Gasteiger partial charge in [-0.05, 0) is 165 Å². The number of nitrogens with two attached hydrogens (primary N) is 3. The van der Waals surface area contributed by atoms with Gasteiger partial charge in [0.1, 0.15) is 35.3 Å². The number of thiazole rings is 1. The lowest BCUT2D eigenvalue weighted by Crippen LogP contribution is -2.22. The molecule has 12 rings (SSSR count). The number of esters is 2. The Morgan fingerprint density at radius 1 is 0.552 bits per heavy atom. The van der Waals surface area contributed by atoms with E-state index in [1.807, 2.05) is 30.5 Å². The van der Waals surface area contributed by atoms with Crippen LogP contribution in [0.4, 0.5) is 27.1 Å². The molecule has 33 nitrogen and oxygen atoms in total. The van der Waals surface area contributed by atoms with Crippen LogP contribution in [-0.2, 0) is 114 Å². The summed E-state index contributed by atoms with van der Waals surface area (Å²) in [6.07, 6.45) is 9.28. The van der Waals surface area contributed by atoms with Crippen molar-refractivity contribution in [3.05, 3.63) is 227 Å². The Bertz CT molecular complexity index is 6210. The van der Waals surface area contributed by atoms with E-state index in [4.69, 9.17) is 50.7 Å². The molecule has 8 aromatic carbocycles. The Hall–Kier alpha value is -9.72. The Morgan fingerprint density at radius 2 is 1.01 bits per heavy atom. The number of para-hydroxylation sites is 1. The van der Waals surface area contributed by atoms with E-state index >= 15 is 0 Å². The quantitative estimate of drug-likeness (QED) is 0.0276. The van der Waals surface area contributed by atoms with Crippen molar-refractivity contribution in [3.63, 3.8) is 0 Å². The predicted octanol–water partition coefficient (Wildman–Crippen LogP) is 10.5. The number of nitrogens with one attached hydrogen (secondary N) is 4. The molecule has 0 saturated heterocycles. The Balaban J connectivity index is 0.000000181. The van der Waals surface area contributed by atoms with Crippen molar-refractivity contribution in [2.45, 2.75) is 78.3 Å². The van der Waals surface area contributed by atoms with Crippen LogP contribution in [0, 0.1) is 5.82 Å². The first-order chi connectivity index (χ1) is 53.7. The molecule has 0 radical (unpaired) electrons. The van der Waals surface area contributed by atoms with Gasteiger partial charge in [0.25, 0.3) is 0 Å². The minimum absolute atomic E-state index is 0.00993. The molecule has 0 atom stereocenters. The van der Waals surface area contributed by atoms with E-state index in [1.165, 1.54) is 83.8 Å². The SMILES string of the molecule is CC1(C)OC(=O)C(Oc2ccccc2)=C1c1ccc(S(C)(=O)=O)cc1.CCc1csc(Sc2cc3c(cc2NS(C)(=O)=O)COC3=O)n1.CS(=O)(=O)Nc1ccc(S(N)(=O)=O)cc1Oc1ccc(Cl)cc1.CS(=O)(=O)Nc1ccc(S(N)(=O)=O)cc1Oc1ccc(F)cc1.Cn1ccnc1Sc1cc(S(N)(=O)=O)ccc1NS(C)(=O)=O. The van der Waals surface area contributed by atoms with Crippen LogP contribution < -0.4 is 48.5 Å². The van der Waals surface area contributed by atoms with Crippen LogP contribution in [0.1, 0.15) is 48.0 Å². The fourth-order valence-corrected chi connectivity index (χ4v) is 17.6. The van der Waals surface area contributed by atoms with Gasteiger partial charge < -0.3 is 28.3 Å². The fraction of sp³-hybridized carbons (Fsp3) is 0.171. The smallest absolute Gasteiger partial charge is 0.375 e. The number of hydrogen-bond donors (Lipinski definition) is 7. The summed E-state index contributed by atoms with van der Waals surface area (Å²) in [6.45, 7) is 5.72. The maximum absolute atomic E-state index is 12.9. The maximum atomic E-state index is 12.9. The van der Waals surface area contributed by atoms with Gasteiger partial charge in [-0.3, -0.25) is 18.9 Å². The van der Waals surface area contributed by atoms with Gasteiger partial charge in [0.05, 0.1) is 84.2 Å². The summed E-state index contributed by atoms with van der Waals surface area (Å²) in [5.41, 5.74) is 3.29. The van der Waals surface area contributed by atoms with Gasteiger partial charge in [-0.1, -0.05) is 60.6 Å². The van der Waals surface area contributed by atoms with E-state index < -0.39 is 97.4 Å². The van der Waals surface area contributed by atoms with Crippen LogP contribution >= 0.6 is 46.5 Å². The van der Waals surface area contributed by atoms with Gasteiger partial charge in [-0.2, -0.15) is 0 Å². The molecule has 0 spiro atoms. The number of aryl methyl sites for hydroxylation is 2. The standard InChI is InChI=1S/C19H18O5S.C14H14N2O4S3.C13H13ClN2O5S2.C13H13FN2O5S2.C11H14N4O4S3/c1-19(2)16(13-9-11-15(12-10-13)25(3,21)22)17(18(20)24-19)23-14-7-5-4-6-8-14;1-3-9-7-21-14(15-9)22-12-5-10-8(6-20-13(10)17)4-11(12)16-23(2,18)19;2*1-22(17,18)16-12-7-6-11(23(15,19)20)8-13(12)21-10-4-2-9(14)3-5-10;1-15-6-5-13-11(15)20-10-7-8(22(12,18)19)3-4-9(10)14-21(2,16)17/h4-12H,1-3H3;4-5,7,16H,3,6H2,1-2H3;2*2-8,16H,1H3,(H2,15,19,20);3-7,14H,1-2H3,(H2,12,18,19). The number of aromatic nitrogens is 3. The molecule has 620 valence electrons. The van der Waals surface area contributed by atoms with Crippen molar-refractivity contribution < 1.29 is 105 Å². The first-order valence-electron chi connectivity index (χ1n) is 32.6.